The van der Waals surface area contributed by atoms with Crippen LogP contribution in [0.5, 0.6) is 0 Å². The summed E-state index contributed by atoms with van der Waals surface area (Å²) in [7, 11) is 1.98. The highest BCUT2D eigenvalue weighted by Crippen LogP contribution is 2.29. The standard InChI is InChI=1S/C14H19Cl2N3O/c1-19(10-5-7-17-8-6-10)9-13(20)18-12-4-2-3-11(15)14(12)16/h2-4,10,17H,5-9H2,1H3,(H,18,20). The summed E-state index contributed by atoms with van der Waals surface area (Å²) in [6.07, 6.45) is 2.14. The quantitative estimate of drug-likeness (QED) is 0.897. The van der Waals surface area contributed by atoms with Crippen molar-refractivity contribution in [2.75, 3.05) is 32.0 Å². The average Bonchev–Trinajstić information content (AvgIpc) is 2.45. The zero-order chi connectivity index (χ0) is 14.5. The molecule has 1 aliphatic rings. The summed E-state index contributed by atoms with van der Waals surface area (Å²) >= 11 is 12.0. The number of anilines is 1. The molecular formula is C14H19Cl2N3O. The number of carbonyl (C=O) groups excluding carboxylic acids is 1. The monoisotopic (exact) mass is 315 g/mol. The van der Waals surface area contributed by atoms with Crippen molar-refractivity contribution in [2.45, 2.75) is 18.9 Å². The van der Waals surface area contributed by atoms with Crippen LogP contribution in [0.1, 0.15) is 12.8 Å². The first-order chi connectivity index (χ1) is 9.58. The zero-order valence-corrected chi connectivity index (χ0v) is 13.0. The molecule has 20 heavy (non-hydrogen) atoms. The van der Waals surface area contributed by atoms with Crippen molar-refractivity contribution in [3.8, 4) is 0 Å². The highest BCUT2D eigenvalue weighted by molar-refractivity contribution is 6.43. The van der Waals surface area contributed by atoms with Crippen LogP contribution in [0.3, 0.4) is 0 Å². The maximum Gasteiger partial charge on any atom is 0.238 e. The van der Waals surface area contributed by atoms with Crippen LogP contribution in [-0.2, 0) is 4.79 Å². The van der Waals surface area contributed by atoms with E-state index in [0.717, 1.165) is 25.9 Å². The van der Waals surface area contributed by atoms with Gasteiger partial charge in [-0.3, -0.25) is 9.69 Å². The Balaban J connectivity index is 1.90. The van der Waals surface area contributed by atoms with Gasteiger partial charge in [0.25, 0.3) is 0 Å². The molecule has 0 unspecified atom stereocenters. The van der Waals surface area contributed by atoms with Gasteiger partial charge in [-0.25, -0.2) is 0 Å². The fourth-order valence-electron chi connectivity index (χ4n) is 2.39. The molecule has 0 bridgehead atoms. The molecule has 1 aromatic rings. The lowest BCUT2D eigenvalue weighted by molar-refractivity contribution is -0.117. The second-order valence-corrected chi connectivity index (χ2v) is 5.83. The fraction of sp³-hybridized carbons (Fsp3) is 0.500. The third kappa shape index (κ3) is 4.09. The van der Waals surface area contributed by atoms with Gasteiger partial charge in [0.1, 0.15) is 0 Å². The molecule has 1 aromatic carbocycles. The van der Waals surface area contributed by atoms with E-state index < -0.39 is 0 Å². The van der Waals surface area contributed by atoms with E-state index >= 15 is 0 Å². The predicted octanol–water partition coefficient (Wildman–Crippen LogP) is 2.62. The molecule has 0 atom stereocenters. The molecule has 2 N–H and O–H groups in total. The van der Waals surface area contributed by atoms with E-state index in [-0.39, 0.29) is 5.91 Å². The minimum atomic E-state index is -0.0739. The van der Waals surface area contributed by atoms with Gasteiger partial charge in [0.15, 0.2) is 0 Å². The highest BCUT2D eigenvalue weighted by atomic mass is 35.5. The summed E-state index contributed by atoms with van der Waals surface area (Å²) in [6.45, 7) is 2.38. The topological polar surface area (TPSA) is 44.4 Å². The molecule has 1 saturated heterocycles. The number of amides is 1. The van der Waals surface area contributed by atoms with Gasteiger partial charge < -0.3 is 10.6 Å². The Morgan fingerprint density at radius 3 is 2.80 bits per heavy atom. The summed E-state index contributed by atoms with van der Waals surface area (Å²) in [6, 6.07) is 5.66. The highest BCUT2D eigenvalue weighted by Gasteiger charge is 2.20. The SMILES string of the molecule is CN(CC(=O)Nc1cccc(Cl)c1Cl)C1CCNCC1. The Hall–Kier alpha value is -0.810. The number of halogens is 2. The van der Waals surface area contributed by atoms with Gasteiger partial charge in [0.2, 0.25) is 5.91 Å². The Morgan fingerprint density at radius 2 is 2.10 bits per heavy atom. The average molecular weight is 316 g/mol. The van der Waals surface area contributed by atoms with Crippen molar-refractivity contribution < 1.29 is 4.79 Å². The van der Waals surface area contributed by atoms with E-state index in [0.29, 0.717) is 28.3 Å². The zero-order valence-electron chi connectivity index (χ0n) is 11.5. The van der Waals surface area contributed by atoms with E-state index in [1.54, 1.807) is 18.2 Å². The van der Waals surface area contributed by atoms with Gasteiger partial charge >= 0.3 is 0 Å². The molecule has 1 heterocycles. The Bertz CT molecular complexity index is 475. The number of likely N-dealkylation sites (N-methyl/N-ethyl adjacent to an activating group) is 1. The van der Waals surface area contributed by atoms with Crippen LogP contribution in [0.4, 0.5) is 5.69 Å². The first-order valence-electron chi connectivity index (χ1n) is 6.72. The van der Waals surface area contributed by atoms with Gasteiger partial charge in [-0.15, -0.1) is 0 Å². The molecular weight excluding hydrogens is 297 g/mol. The molecule has 0 aromatic heterocycles. The van der Waals surface area contributed by atoms with Crippen LogP contribution in [-0.4, -0.2) is 43.5 Å². The first kappa shape index (κ1) is 15.6. The van der Waals surface area contributed by atoms with E-state index in [9.17, 15) is 4.79 Å². The van der Waals surface area contributed by atoms with Crippen molar-refractivity contribution in [2.24, 2.45) is 0 Å². The number of rotatable bonds is 4. The molecule has 0 radical (unpaired) electrons. The van der Waals surface area contributed by atoms with Crippen LogP contribution in [0.25, 0.3) is 0 Å². The second kappa shape index (κ2) is 7.27. The van der Waals surface area contributed by atoms with E-state index in [1.807, 2.05) is 7.05 Å². The maximum absolute atomic E-state index is 12.1. The van der Waals surface area contributed by atoms with Crippen LogP contribution in [0, 0.1) is 0 Å². The van der Waals surface area contributed by atoms with Crippen LogP contribution < -0.4 is 10.6 Å². The van der Waals surface area contributed by atoms with Crippen LogP contribution >= 0.6 is 23.2 Å². The van der Waals surface area contributed by atoms with Crippen LogP contribution in [0.15, 0.2) is 18.2 Å². The van der Waals surface area contributed by atoms with Gasteiger partial charge in [-0.2, -0.15) is 0 Å². The molecule has 2 rings (SSSR count). The Labute approximate surface area is 129 Å². The number of carbonyl (C=O) groups is 1. The van der Waals surface area contributed by atoms with Gasteiger partial charge in [-0.05, 0) is 45.1 Å². The minimum absolute atomic E-state index is 0.0739. The third-order valence-electron chi connectivity index (χ3n) is 3.55. The van der Waals surface area contributed by atoms with Crippen LogP contribution in [0.2, 0.25) is 10.0 Å². The van der Waals surface area contributed by atoms with E-state index in [2.05, 4.69) is 15.5 Å². The molecule has 0 spiro atoms. The second-order valence-electron chi connectivity index (χ2n) is 5.05. The lowest BCUT2D eigenvalue weighted by atomic mass is 10.1. The normalized spacial score (nSPS) is 16.4. The van der Waals surface area contributed by atoms with E-state index in [1.165, 1.54) is 0 Å². The van der Waals surface area contributed by atoms with Gasteiger partial charge in [0, 0.05) is 6.04 Å². The largest absolute Gasteiger partial charge is 0.324 e. The van der Waals surface area contributed by atoms with Gasteiger partial charge in [0.05, 0.1) is 22.3 Å². The summed E-state index contributed by atoms with van der Waals surface area (Å²) in [5, 5.41) is 6.95. The number of benzene rings is 1. The van der Waals surface area contributed by atoms with Crippen molar-refractivity contribution in [1.29, 1.82) is 0 Å². The number of nitrogens with one attached hydrogen (secondary N) is 2. The Morgan fingerprint density at radius 1 is 1.40 bits per heavy atom. The molecule has 4 nitrogen and oxygen atoms in total. The molecule has 1 fully saturated rings. The molecule has 110 valence electrons. The minimum Gasteiger partial charge on any atom is -0.324 e. The lowest BCUT2D eigenvalue weighted by Crippen LogP contribution is -2.44. The third-order valence-corrected chi connectivity index (χ3v) is 4.37. The van der Waals surface area contributed by atoms with Crippen molar-refractivity contribution >= 4 is 34.8 Å². The fourth-order valence-corrected chi connectivity index (χ4v) is 2.74. The molecule has 6 heteroatoms. The predicted molar refractivity (Wildman–Crippen MR) is 83.6 cm³/mol. The lowest BCUT2D eigenvalue weighted by Gasteiger charge is -2.31. The Kier molecular flexibility index (Phi) is 5.66. The number of piperidine rings is 1. The van der Waals surface area contributed by atoms with Crippen molar-refractivity contribution in [1.82, 2.24) is 10.2 Å². The molecule has 0 saturated carbocycles. The summed E-state index contributed by atoms with van der Waals surface area (Å²) < 4.78 is 0. The smallest absolute Gasteiger partial charge is 0.238 e. The number of hydrogen-bond donors (Lipinski definition) is 2. The molecule has 0 aliphatic carbocycles. The summed E-state index contributed by atoms with van der Waals surface area (Å²) in [5.74, 6) is -0.0739. The summed E-state index contributed by atoms with van der Waals surface area (Å²) in [5.41, 5.74) is 0.558. The first-order valence-corrected chi connectivity index (χ1v) is 7.48. The maximum atomic E-state index is 12.1. The van der Waals surface area contributed by atoms with Crippen molar-refractivity contribution in [3.63, 3.8) is 0 Å². The molecule has 1 aliphatic heterocycles. The van der Waals surface area contributed by atoms with E-state index in [4.69, 9.17) is 23.2 Å². The number of hydrogen-bond acceptors (Lipinski definition) is 3. The summed E-state index contributed by atoms with van der Waals surface area (Å²) in [4.78, 5) is 14.2. The molecule has 1 amide bonds. The number of nitrogens with zero attached hydrogens (tertiary/aromatic N) is 1. The van der Waals surface area contributed by atoms with Gasteiger partial charge in [-0.1, -0.05) is 29.3 Å². The van der Waals surface area contributed by atoms with Crippen molar-refractivity contribution in [3.05, 3.63) is 28.2 Å².